The summed E-state index contributed by atoms with van der Waals surface area (Å²) in [5, 5.41) is 2.25. The highest BCUT2D eigenvalue weighted by molar-refractivity contribution is 6.04. The standard InChI is InChI=1S/C21H21F3N2O4/c1-30-20(29)17(13-15-9-11-25-12-10-15)26-19(28)16(18(27)21(22,23)24)8-7-14-5-3-2-4-6-14/h2-6,9-12,16-17H,7-8,13H2,1H3,(H,26,28)/t16-,17+/m1/s1. The molecule has 2 rings (SSSR count). The first-order chi connectivity index (χ1) is 14.2. The maximum Gasteiger partial charge on any atom is 0.450 e. The average molecular weight is 422 g/mol. The van der Waals surface area contributed by atoms with Crippen LogP contribution in [0.5, 0.6) is 0 Å². The van der Waals surface area contributed by atoms with Gasteiger partial charge in [-0.25, -0.2) is 4.79 Å². The van der Waals surface area contributed by atoms with Gasteiger partial charge in [-0.05, 0) is 36.1 Å². The highest BCUT2D eigenvalue weighted by Gasteiger charge is 2.46. The average Bonchev–Trinajstić information content (AvgIpc) is 2.73. The predicted octanol–water partition coefficient (Wildman–Crippen LogP) is 2.66. The number of ketones is 1. The number of nitrogens with one attached hydrogen (secondary N) is 1. The number of Topliss-reactive ketones (excluding diaryl/α,β-unsaturated/α-hetero) is 1. The van der Waals surface area contributed by atoms with Crippen LogP contribution in [0.2, 0.25) is 0 Å². The number of esters is 1. The van der Waals surface area contributed by atoms with E-state index in [2.05, 4.69) is 15.0 Å². The number of benzene rings is 1. The molecule has 0 aliphatic rings. The van der Waals surface area contributed by atoms with Crippen LogP contribution in [-0.2, 0) is 32.0 Å². The van der Waals surface area contributed by atoms with Gasteiger partial charge in [0.15, 0.2) is 0 Å². The molecule has 1 heterocycles. The topological polar surface area (TPSA) is 85.4 Å². The molecule has 0 radical (unpaired) electrons. The first-order valence-electron chi connectivity index (χ1n) is 9.14. The van der Waals surface area contributed by atoms with Crippen molar-refractivity contribution in [3.8, 4) is 0 Å². The van der Waals surface area contributed by atoms with Crippen LogP contribution in [0.3, 0.4) is 0 Å². The molecule has 160 valence electrons. The van der Waals surface area contributed by atoms with Gasteiger partial charge < -0.3 is 10.1 Å². The molecule has 1 aromatic carbocycles. The number of pyridine rings is 1. The van der Waals surface area contributed by atoms with Gasteiger partial charge in [0.05, 0.1) is 7.11 Å². The molecule has 0 unspecified atom stereocenters. The Morgan fingerprint density at radius 3 is 2.23 bits per heavy atom. The van der Waals surface area contributed by atoms with Crippen molar-refractivity contribution in [3.63, 3.8) is 0 Å². The van der Waals surface area contributed by atoms with Crippen LogP contribution in [0.15, 0.2) is 54.9 Å². The molecule has 0 aliphatic carbocycles. The summed E-state index contributed by atoms with van der Waals surface area (Å²) in [5.74, 6) is -6.13. The molecule has 6 nitrogen and oxygen atoms in total. The monoisotopic (exact) mass is 422 g/mol. The summed E-state index contributed by atoms with van der Waals surface area (Å²) >= 11 is 0. The number of aryl methyl sites for hydroxylation is 1. The molecule has 1 N–H and O–H groups in total. The van der Waals surface area contributed by atoms with E-state index in [-0.39, 0.29) is 19.3 Å². The molecule has 0 aliphatic heterocycles. The number of hydrogen-bond donors (Lipinski definition) is 1. The van der Waals surface area contributed by atoms with Crippen molar-refractivity contribution in [2.45, 2.75) is 31.5 Å². The molecule has 1 amide bonds. The van der Waals surface area contributed by atoms with Crippen LogP contribution in [0.1, 0.15) is 17.5 Å². The number of ether oxygens (including phenoxy) is 1. The van der Waals surface area contributed by atoms with E-state index in [1.54, 1.807) is 42.5 Å². The summed E-state index contributed by atoms with van der Waals surface area (Å²) in [6.45, 7) is 0. The first kappa shape index (κ1) is 23.1. The van der Waals surface area contributed by atoms with Crippen LogP contribution in [0.4, 0.5) is 13.2 Å². The molecule has 0 fully saturated rings. The lowest BCUT2D eigenvalue weighted by molar-refractivity contribution is -0.177. The van der Waals surface area contributed by atoms with Gasteiger partial charge in [-0.1, -0.05) is 30.3 Å². The van der Waals surface area contributed by atoms with Crippen LogP contribution in [0.25, 0.3) is 0 Å². The Balaban J connectivity index is 2.18. The van der Waals surface area contributed by atoms with Crippen LogP contribution in [0, 0.1) is 5.92 Å². The Kier molecular flexibility index (Phi) is 8.08. The van der Waals surface area contributed by atoms with Crippen molar-refractivity contribution in [2.75, 3.05) is 7.11 Å². The van der Waals surface area contributed by atoms with E-state index >= 15 is 0 Å². The van der Waals surface area contributed by atoms with Gasteiger partial charge in [0.25, 0.3) is 0 Å². The molecule has 2 atom stereocenters. The maximum absolute atomic E-state index is 13.1. The number of alkyl halides is 3. The smallest absolute Gasteiger partial charge is 0.450 e. The normalized spacial score (nSPS) is 13.2. The Bertz CT molecular complexity index is 858. The molecule has 9 heteroatoms. The highest BCUT2D eigenvalue weighted by Crippen LogP contribution is 2.24. The Labute approximate surface area is 171 Å². The Hall–Kier alpha value is -3.23. The van der Waals surface area contributed by atoms with Crippen molar-refractivity contribution < 1.29 is 32.3 Å². The predicted molar refractivity (Wildman–Crippen MR) is 101 cm³/mol. The molecular weight excluding hydrogens is 401 g/mol. The lowest BCUT2D eigenvalue weighted by Crippen LogP contribution is -2.49. The zero-order chi connectivity index (χ0) is 22.1. The van der Waals surface area contributed by atoms with Gasteiger partial charge in [0, 0.05) is 18.8 Å². The molecule has 30 heavy (non-hydrogen) atoms. The first-order valence-corrected chi connectivity index (χ1v) is 9.14. The summed E-state index contributed by atoms with van der Waals surface area (Å²) in [7, 11) is 1.10. The highest BCUT2D eigenvalue weighted by atomic mass is 19.4. The lowest BCUT2D eigenvalue weighted by Gasteiger charge is -2.21. The molecule has 0 saturated heterocycles. The third-order valence-electron chi connectivity index (χ3n) is 4.47. The van der Waals surface area contributed by atoms with Gasteiger partial charge in [-0.15, -0.1) is 0 Å². The Morgan fingerprint density at radius 2 is 1.67 bits per heavy atom. The second-order valence-corrected chi connectivity index (χ2v) is 6.58. The summed E-state index contributed by atoms with van der Waals surface area (Å²) in [4.78, 5) is 40.4. The van der Waals surface area contributed by atoms with Crippen molar-refractivity contribution >= 4 is 17.7 Å². The zero-order valence-corrected chi connectivity index (χ0v) is 16.2. The van der Waals surface area contributed by atoms with Crippen molar-refractivity contribution in [3.05, 3.63) is 66.0 Å². The molecule has 0 spiro atoms. The number of hydrogen-bond acceptors (Lipinski definition) is 5. The maximum atomic E-state index is 13.1. The summed E-state index contributed by atoms with van der Waals surface area (Å²) in [6, 6.07) is 10.5. The van der Waals surface area contributed by atoms with Crippen LogP contribution < -0.4 is 5.32 Å². The van der Waals surface area contributed by atoms with E-state index in [4.69, 9.17) is 0 Å². The van der Waals surface area contributed by atoms with Gasteiger partial charge in [-0.3, -0.25) is 14.6 Å². The van der Waals surface area contributed by atoms with Crippen molar-refractivity contribution in [2.24, 2.45) is 5.92 Å². The van der Waals surface area contributed by atoms with Gasteiger partial charge in [-0.2, -0.15) is 13.2 Å². The molecule has 2 aromatic rings. The van der Waals surface area contributed by atoms with Gasteiger partial charge >= 0.3 is 12.1 Å². The van der Waals surface area contributed by atoms with E-state index in [0.29, 0.717) is 11.1 Å². The van der Waals surface area contributed by atoms with Crippen molar-refractivity contribution in [1.29, 1.82) is 0 Å². The zero-order valence-electron chi connectivity index (χ0n) is 16.2. The lowest BCUT2D eigenvalue weighted by atomic mass is 9.93. The third-order valence-corrected chi connectivity index (χ3v) is 4.47. The van der Waals surface area contributed by atoms with Crippen LogP contribution in [-0.4, -0.2) is 42.0 Å². The minimum atomic E-state index is -5.18. The SMILES string of the molecule is COC(=O)[C@H](Cc1ccncc1)NC(=O)[C@H](CCc1ccccc1)C(=O)C(F)(F)F. The Morgan fingerprint density at radius 1 is 1.03 bits per heavy atom. The summed E-state index contributed by atoms with van der Waals surface area (Å²) in [6.07, 6.45) is -2.51. The number of carbonyl (C=O) groups excluding carboxylic acids is 3. The van der Waals surface area contributed by atoms with E-state index in [9.17, 15) is 27.6 Å². The number of carbonyl (C=O) groups is 3. The second kappa shape index (κ2) is 10.5. The molecule has 0 saturated carbocycles. The summed E-state index contributed by atoms with van der Waals surface area (Å²) in [5.41, 5.74) is 1.30. The fourth-order valence-electron chi connectivity index (χ4n) is 2.90. The number of rotatable bonds is 9. The van der Waals surface area contributed by atoms with Crippen LogP contribution >= 0.6 is 0 Å². The molecule has 1 aromatic heterocycles. The third kappa shape index (κ3) is 6.68. The van der Waals surface area contributed by atoms with E-state index in [1.165, 1.54) is 12.4 Å². The quantitative estimate of drug-likeness (QED) is 0.496. The summed E-state index contributed by atoms with van der Waals surface area (Å²) < 4.78 is 43.8. The molecular formula is C21H21F3N2O4. The van der Waals surface area contributed by atoms with E-state index < -0.39 is 35.8 Å². The number of halogens is 3. The molecule has 0 bridgehead atoms. The minimum Gasteiger partial charge on any atom is -0.467 e. The largest absolute Gasteiger partial charge is 0.467 e. The fraction of sp³-hybridized carbons (Fsp3) is 0.333. The fourth-order valence-corrected chi connectivity index (χ4v) is 2.90. The van der Waals surface area contributed by atoms with E-state index in [1.807, 2.05) is 0 Å². The number of nitrogens with zero attached hydrogens (tertiary/aromatic N) is 1. The van der Waals surface area contributed by atoms with Crippen molar-refractivity contribution in [1.82, 2.24) is 10.3 Å². The van der Waals surface area contributed by atoms with Gasteiger partial charge in [0.1, 0.15) is 12.0 Å². The number of amides is 1. The van der Waals surface area contributed by atoms with Gasteiger partial charge in [0.2, 0.25) is 11.7 Å². The minimum absolute atomic E-state index is 0.0213. The number of methoxy groups -OCH3 is 1. The second-order valence-electron chi connectivity index (χ2n) is 6.58. The van der Waals surface area contributed by atoms with E-state index in [0.717, 1.165) is 7.11 Å². The number of aromatic nitrogens is 1.